The summed E-state index contributed by atoms with van der Waals surface area (Å²) in [5, 5.41) is 2.51. The minimum atomic E-state index is -1.14. The number of nitrogens with zero attached hydrogens (tertiary/aromatic N) is 2. The Morgan fingerprint density at radius 3 is 2.56 bits per heavy atom. The molecule has 2 aliphatic rings. The van der Waals surface area contributed by atoms with Gasteiger partial charge in [-0.05, 0) is 37.6 Å². The first kappa shape index (κ1) is 23.7. The van der Waals surface area contributed by atoms with Gasteiger partial charge in [0, 0.05) is 42.9 Å². The van der Waals surface area contributed by atoms with Gasteiger partial charge in [0.05, 0.1) is 17.5 Å². The highest BCUT2D eigenvalue weighted by Crippen LogP contribution is 2.44. The van der Waals surface area contributed by atoms with Crippen LogP contribution < -0.4 is 5.32 Å². The maximum absolute atomic E-state index is 15.4. The number of benzene rings is 2. The van der Waals surface area contributed by atoms with E-state index < -0.39 is 16.8 Å². The maximum Gasteiger partial charge on any atom is 0.339 e. The second kappa shape index (κ2) is 8.55. The van der Waals surface area contributed by atoms with Crippen molar-refractivity contribution in [2.24, 2.45) is 0 Å². The Balaban J connectivity index is 1.37. The number of aromatic nitrogens is 1. The Hall–Kier alpha value is -4.07. The molecule has 1 spiro atoms. The van der Waals surface area contributed by atoms with Crippen LogP contribution in [0.1, 0.15) is 52.2 Å². The van der Waals surface area contributed by atoms with E-state index >= 15 is 4.39 Å². The van der Waals surface area contributed by atoms with Crippen molar-refractivity contribution < 1.29 is 23.5 Å². The highest BCUT2D eigenvalue weighted by molar-refractivity contribution is 5.95. The second-order valence-electron chi connectivity index (χ2n) is 9.74. The van der Waals surface area contributed by atoms with Crippen LogP contribution in [0.15, 0.2) is 60.8 Å². The van der Waals surface area contributed by atoms with Gasteiger partial charge in [0.15, 0.2) is 5.60 Å². The maximum atomic E-state index is 15.4. The Morgan fingerprint density at radius 1 is 1.11 bits per heavy atom. The molecule has 1 N–H and O–H groups in total. The molecular formula is C28H26FN3O4. The number of fused-ring (bicyclic) bond motifs is 2. The average Bonchev–Trinajstić information content (AvgIpc) is 3.43. The van der Waals surface area contributed by atoms with Crippen LogP contribution in [0, 0.1) is 5.82 Å². The zero-order valence-corrected chi connectivity index (χ0v) is 20.3. The van der Waals surface area contributed by atoms with Crippen LogP contribution in [0.25, 0.3) is 11.1 Å². The average molecular weight is 488 g/mol. The standard InChI is InChI=1S/C28H26FN3O4/c1-27(2,21-10-8-17(14-22(21)29)18-9-11-23(31-15-18)24(33)30-3)26(35)32-13-12-28(16-32)20-7-5-4-6-19(20)25(34)36-28/h4-11,14-15H,12-13,16H2,1-3H3,(H,30,33)/t28-/m0/s1. The molecule has 0 saturated carbocycles. The molecule has 0 bridgehead atoms. The number of hydrogen-bond donors (Lipinski definition) is 1. The van der Waals surface area contributed by atoms with Gasteiger partial charge in [-0.2, -0.15) is 0 Å². The molecule has 36 heavy (non-hydrogen) atoms. The number of carbonyl (C=O) groups is 3. The number of esters is 1. The van der Waals surface area contributed by atoms with Gasteiger partial charge in [0.2, 0.25) is 5.91 Å². The number of hydrogen-bond acceptors (Lipinski definition) is 5. The molecule has 0 unspecified atom stereocenters. The largest absolute Gasteiger partial charge is 0.449 e. The van der Waals surface area contributed by atoms with Crippen LogP contribution in [-0.2, 0) is 20.5 Å². The number of amides is 2. The van der Waals surface area contributed by atoms with E-state index in [0.29, 0.717) is 29.7 Å². The third kappa shape index (κ3) is 3.73. The Kier molecular flexibility index (Phi) is 5.62. The van der Waals surface area contributed by atoms with Crippen molar-refractivity contribution in [3.63, 3.8) is 0 Å². The molecule has 1 aromatic heterocycles. The number of rotatable bonds is 4. The van der Waals surface area contributed by atoms with Gasteiger partial charge in [-0.15, -0.1) is 0 Å². The summed E-state index contributed by atoms with van der Waals surface area (Å²) in [5.74, 6) is -1.42. The van der Waals surface area contributed by atoms with Crippen LogP contribution >= 0.6 is 0 Å². The zero-order valence-electron chi connectivity index (χ0n) is 20.3. The van der Waals surface area contributed by atoms with E-state index in [1.54, 1.807) is 55.1 Å². The summed E-state index contributed by atoms with van der Waals surface area (Å²) in [5.41, 5.74) is 1.12. The first-order valence-electron chi connectivity index (χ1n) is 11.8. The van der Waals surface area contributed by atoms with E-state index in [4.69, 9.17) is 4.74 Å². The van der Waals surface area contributed by atoms with Gasteiger partial charge in [-0.3, -0.25) is 14.6 Å². The predicted molar refractivity (Wildman–Crippen MR) is 131 cm³/mol. The second-order valence-corrected chi connectivity index (χ2v) is 9.74. The topological polar surface area (TPSA) is 88.6 Å². The molecule has 1 fully saturated rings. The first-order valence-corrected chi connectivity index (χ1v) is 11.8. The molecule has 7 nitrogen and oxygen atoms in total. The van der Waals surface area contributed by atoms with Crippen molar-refractivity contribution in [3.05, 3.63) is 89.0 Å². The third-order valence-electron chi connectivity index (χ3n) is 7.18. The Morgan fingerprint density at radius 2 is 1.86 bits per heavy atom. The number of halogens is 1. The van der Waals surface area contributed by atoms with E-state index in [9.17, 15) is 14.4 Å². The summed E-state index contributed by atoms with van der Waals surface area (Å²) >= 11 is 0. The van der Waals surface area contributed by atoms with Crippen LogP contribution in [-0.4, -0.2) is 47.8 Å². The molecule has 8 heteroatoms. The van der Waals surface area contributed by atoms with Gasteiger partial charge in [0.1, 0.15) is 11.5 Å². The quantitative estimate of drug-likeness (QED) is 0.566. The minimum Gasteiger partial charge on any atom is -0.449 e. The smallest absolute Gasteiger partial charge is 0.339 e. The van der Waals surface area contributed by atoms with Crippen molar-refractivity contribution >= 4 is 17.8 Å². The van der Waals surface area contributed by atoms with Crippen molar-refractivity contribution in [1.29, 1.82) is 0 Å². The Bertz CT molecular complexity index is 1390. The number of ether oxygens (including phenoxy) is 1. The molecule has 2 aromatic carbocycles. The molecule has 1 atom stereocenters. The van der Waals surface area contributed by atoms with E-state index in [2.05, 4.69) is 10.3 Å². The van der Waals surface area contributed by atoms with Gasteiger partial charge in [-0.25, -0.2) is 9.18 Å². The lowest BCUT2D eigenvalue weighted by Gasteiger charge is -2.31. The number of likely N-dealkylation sites (tertiary alicyclic amines) is 1. The molecule has 2 amide bonds. The molecular weight excluding hydrogens is 461 g/mol. The van der Waals surface area contributed by atoms with Crippen LogP contribution in [0.3, 0.4) is 0 Å². The van der Waals surface area contributed by atoms with E-state index in [0.717, 1.165) is 5.56 Å². The number of nitrogens with one attached hydrogen (secondary N) is 1. The van der Waals surface area contributed by atoms with Gasteiger partial charge in [-0.1, -0.05) is 36.4 Å². The molecule has 3 heterocycles. The molecule has 3 aromatic rings. The van der Waals surface area contributed by atoms with Crippen molar-refractivity contribution in [2.75, 3.05) is 20.1 Å². The lowest BCUT2D eigenvalue weighted by molar-refractivity contribution is -0.136. The summed E-state index contributed by atoms with van der Waals surface area (Å²) in [6.07, 6.45) is 2.01. The fourth-order valence-corrected chi connectivity index (χ4v) is 5.14. The van der Waals surface area contributed by atoms with Crippen LogP contribution in [0.2, 0.25) is 0 Å². The van der Waals surface area contributed by atoms with E-state index in [1.807, 2.05) is 12.1 Å². The summed E-state index contributed by atoms with van der Waals surface area (Å²) < 4.78 is 21.1. The normalized spacial score (nSPS) is 18.8. The van der Waals surface area contributed by atoms with Crippen molar-refractivity contribution in [3.8, 4) is 11.1 Å². The zero-order chi connectivity index (χ0) is 25.7. The van der Waals surface area contributed by atoms with E-state index in [-0.39, 0.29) is 35.6 Å². The summed E-state index contributed by atoms with van der Waals surface area (Å²) in [7, 11) is 1.52. The lowest BCUT2D eigenvalue weighted by Crippen LogP contribution is -2.44. The molecule has 184 valence electrons. The van der Waals surface area contributed by atoms with Crippen molar-refractivity contribution in [2.45, 2.75) is 31.3 Å². The number of pyridine rings is 1. The molecule has 5 rings (SSSR count). The highest BCUT2D eigenvalue weighted by Gasteiger charge is 2.52. The van der Waals surface area contributed by atoms with Gasteiger partial charge < -0.3 is 15.0 Å². The SMILES string of the molecule is CNC(=O)c1ccc(-c2ccc(C(C)(C)C(=O)N3CC[C@@]4(C3)OC(=O)c3ccccc34)c(F)c2)cn1. The summed E-state index contributed by atoms with van der Waals surface area (Å²) in [6.45, 7) is 4.05. The molecule has 0 radical (unpaired) electrons. The predicted octanol–water partition coefficient (Wildman–Crippen LogP) is 3.82. The van der Waals surface area contributed by atoms with Crippen LogP contribution in [0.4, 0.5) is 4.39 Å². The Labute approximate surface area is 208 Å². The fraction of sp³-hybridized carbons (Fsp3) is 0.286. The molecule has 0 aliphatic carbocycles. The third-order valence-corrected chi connectivity index (χ3v) is 7.18. The molecule has 2 aliphatic heterocycles. The van der Waals surface area contributed by atoms with Gasteiger partial charge in [0.25, 0.3) is 5.91 Å². The van der Waals surface area contributed by atoms with Crippen molar-refractivity contribution in [1.82, 2.24) is 15.2 Å². The highest BCUT2D eigenvalue weighted by atomic mass is 19.1. The summed E-state index contributed by atoms with van der Waals surface area (Å²) in [4.78, 5) is 43.5. The van der Waals surface area contributed by atoms with E-state index in [1.165, 1.54) is 19.3 Å². The monoisotopic (exact) mass is 487 g/mol. The van der Waals surface area contributed by atoms with Gasteiger partial charge >= 0.3 is 5.97 Å². The fourth-order valence-electron chi connectivity index (χ4n) is 5.14. The van der Waals surface area contributed by atoms with Crippen LogP contribution in [0.5, 0.6) is 0 Å². The first-order chi connectivity index (χ1) is 17.2. The summed E-state index contributed by atoms with van der Waals surface area (Å²) in [6, 6.07) is 15.3. The lowest BCUT2D eigenvalue weighted by atomic mass is 9.82. The number of carbonyl (C=O) groups excluding carboxylic acids is 3. The minimum absolute atomic E-state index is 0.233. The molecule has 1 saturated heterocycles.